The van der Waals surface area contributed by atoms with Gasteiger partial charge in [0.1, 0.15) is 5.82 Å². The molecule has 0 saturated carbocycles. The molecule has 1 unspecified atom stereocenters. The number of rotatable bonds is 6. The highest BCUT2D eigenvalue weighted by atomic mass is 19.4. The quantitative estimate of drug-likeness (QED) is 0.273. The molecule has 0 spiro atoms. The molecule has 3 aromatic carbocycles. The number of para-hydroxylation sites is 1. The van der Waals surface area contributed by atoms with Crippen molar-refractivity contribution >= 4 is 27.5 Å². The van der Waals surface area contributed by atoms with E-state index < -0.39 is 17.6 Å². The lowest BCUT2D eigenvalue weighted by molar-refractivity contribution is -0.258. The second-order valence-corrected chi connectivity index (χ2v) is 8.48. The van der Waals surface area contributed by atoms with Crippen molar-refractivity contribution in [3.05, 3.63) is 108 Å². The summed E-state index contributed by atoms with van der Waals surface area (Å²) in [6, 6.07) is 16.6. The van der Waals surface area contributed by atoms with Gasteiger partial charge in [-0.1, -0.05) is 30.8 Å². The molecule has 0 aliphatic carbocycles. The van der Waals surface area contributed by atoms with Gasteiger partial charge in [0.15, 0.2) is 0 Å². The lowest BCUT2D eigenvalue weighted by Gasteiger charge is -2.37. The summed E-state index contributed by atoms with van der Waals surface area (Å²) in [5.41, 5.74) is -1.12. The van der Waals surface area contributed by atoms with Gasteiger partial charge in [0, 0.05) is 48.0 Å². The highest BCUT2D eigenvalue weighted by molar-refractivity contribution is 5.89. The topological polar surface area (TPSA) is 52.0 Å². The number of ether oxygens (including phenoxy) is 1. The molecule has 37 heavy (non-hydrogen) atoms. The Morgan fingerprint density at radius 2 is 1.73 bits per heavy atom. The number of halogens is 4. The average molecular weight is 507 g/mol. The molecule has 0 saturated heterocycles. The molecule has 5 aromatic rings. The molecule has 9 heteroatoms. The zero-order chi connectivity index (χ0) is 26.4. The first-order valence-corrected chi connectivity index (χ1v) is 11.3. The van der Waals surface area contributed by atoms with Gasteiger partial charge in [0.05, 0.1) is 22.9 Å². The maximum Gasteiger partial charge on any atom is 0.426 e. The fourth-order valence-electron chi connectivity index (χ4n) is 4.71. The van der Waals surface area contributed by atoms with Crippen LogP contribution in [0.2, 0.25) is 0 Å². The first-order valence-electron chi connectivity index (χ1n) is 11.3. The highest BCUT2D eigenvalue weighted by Crippen LogP contribution is 2.51. The molecule has 188 valence electrons. The normalized spacial score (nSPS) is 13.6. The molecule has 0 fully saturated rings. The molecule has 0 radical (unpaired) electrons. The van der Waals surface area contributed by atoms with Crippen molar-refractivity contribution in [2.75, 3.05) is 14.2 Å². The Labute approximate surface area is 210 Å². The summed E-state index contributed by atoms with van der Waals surface area (Å²) in [4.78, 5) is 4.36. The third-order valence-electron chi connectivity index (χ3n) is 6.51. The van der Waals surface area contributed by atoms with E-state index in [1.165, 1.54) is 41.3 Å². The van der Waals surface area contributed by atoms with Crippen molar-refractivity contribution in [2.45, 2.75) is 11.8 Å². The average Bonchev–Trinajstić information content (AvgIpc) is 3.32. The standard InChI is InChI=1S/C28H22F4N4O/c1-17(33-2)23-16-34-24-7-5-4-6-22(24)26(23)27(37-3,28(30,31)32)19-8-13-25-18(14-19)15-35-36(25)21-11-9-20(29)10-12-21/h4-16,33H,1H2,2-3H3. The Balaban J connectivity index is 1.81. The molecule has 1 N–H and O–H groups in total. The number of nitrogens with one attached hydrogen (secondary N) is 1. The summed E-state index contributed by atoms with van der Waals surface area (Å²) in [6.07, 6.45) is -2.02. The number of pyridine rings is 1. The molecule has 5 rings (SSSR count). The van der Waals surface area contributed by atoms with Gasteiger partial charge < -0.3 is 10.1 Å². The third-order valence-corrected chi connectivity index (χ3v) is 6.51. The fourth-order valence-corrected chi connectivity index (χ4v) is 4.71. The Bertz CT molecular complexity index is 1630. The number of methoxy groups -OCH3 is 1. The van der Waals surface area contributed by atoms with Gasteiger partial charge in [-0.2, -0.15) is 18.3 Å². The van der Waals surface area contributed by atoms with Crippen LogP contribution in [0.1, 0.15) is 16.7 Å². The van der Waals surface area contributed by atoms with Crippen LogP contribution in [0.5, 0.6) is 0 Å². The number of fused-ring (bicyclic) bond motifs is 2. The zero-order valence-electron chi connectivity index (χ0n) is 20.0. The number of hydrogen-bond donors (Lipinski definition) is 1. The Morgan fingerprint density at radius 3 is 2.41 bits per heavy atom. The molecule has 5 nitrogen and oxygen atoms in total. The van der Waals surface area contributed by atoms with E-state index in [0.29, 0.717) is 22.1 Å². The van der Waals surface area contributed by atoms with Crippen LogP contribution >= 0.6 is 0 Å². The number of alkyl halides is 3. The van der Waals surface area contributed by atoms with Gasteiger partial charge in [0.2, 0.25) is 5.60 Å². The second kappa shape index (κ2) is 9.01. The summed E-state index contributed by atoms with van der Waals surface area (Å²) < 4.78 is 66.3. The number of aromatic nitrogens is 3. The monoisotopic (exact) mass is 506 g/mol. The largest absolute Gasteiger partial charge is 0.426 e. The molecule has 0 bridgehead atoms. The predicted octanol–water partition coefficient (Wildman–Crippen LogP) is 6.36. The van der Waals surface area contributed by atoms with Gasteiger partial charge in [-0.15, -0.1) is 0 Å². The lowest BCUT2D eigenvalue weighted by atomic mass is 9.80. The predicted molar refractivity (Wildman–Crippen MR) is 135 cm³/mol. The van der Waals surface area contributed by atoms with E-state index in [4.69, 9.17) is 4.74 Å². The van der Waals surface area contributed by atoms with Gasteiger partial charge in [-0.25, -0.2) is 9.07 Å². The van der Waals surface area contributed by atoms with Gasteiger partial charge in [0.25, 0.3) is 0 Å². The van der Waals surface area contributed by atoms with Crippen molar-refractivity contribution in [3.8, 4) is 5.69 Å². The molecule has 1 atom stereocenters. The zero-order valence-corrected chi connectivity index (χ0v) is 20.0. The SMILES string of the molecule is C=C(NC)c1cnc2ccccc2c1C(OC)(c1ccc2c(cnn2-c2ccc(F)cc2)c1)C(F)(F)F. The minimum absolute atomic E-state index is 0.113. The van der Waals surface area contributed by atoms with Crippen LogP contribution in [0.3, 0.4) is 0 Å². The third kappa shape index (κ3) is 3.82. The Kier molecular flexibility index (Phi) is 5.95. The van der Waals surface area contributed by atoms with E-state index in [0.717, 1.165) is 7.11 Å². The highest BCUT2D eigenvalue weighted by Gasteiger charge is 2.60. The molecule has 0 aliphatic rings. The first-order chi connectivity index (χ1) is 17.7. The summed E-state index contributed by atoms with van der Waals surface area (Å²) in [6.45, 7) is 3.91. The van der Waals surface area contributed by atoms with E-state index >= 15 is 13.2 Å². The van der Waals surface area contributed by atoms with Gasteiger partial charge in [-0.3, -0.25) is 4.98 Å². The molecule has 0 amide bonds. The van der Waals surface area contributed by atoms with Crippen LogP contribution in [0.15, 0.2) is 85.7 Å². The van der Waals surface area contributed by atoms with Crippen LogP contribution in [-0.2, 0) is 10.3 Å². The molecular weight excluding hydrogens is 484 g/mol. The minimum atomic E-state index is -4.87. The number of benzene rings is 3. The molecular formula is C28H22F4N4O. The number of nitrogens with zero attached hydrogens (tertiary/aromatic N) is 3. The van der Waals surface area contributed by atoms with E-state index in [1.807, 2.05) is 0 Å². The van der Waals surface area contributed by atoms with Crippen LogP contribution < -0.4 is 5.32 Å². The molecule has 0 aliphatic heterocycles. The Morgan fingerprint density at radius 1 is 1.00 bits per heavy atom. The fraction of sp³-hybridized carbons (Fsp3) is 0.143. The molecule has 2 aromatic heterocycles. The van der Waals surface area contributed by atoms with Crippen molar-refractivity contribution in [3.63, 3.8) is 0 Å². The number of hydrogen-bond acceptors (Lipinski definition) is 4. The van der Waals surface area contributed by atoms with Gasteiger partial charge >= 0.3 is 6.18 Å². The maximum absolute atomic E-state index is 15.3. The summed E-state index contributed by atoms with van der Waals surface area (Å²) in [5.74, 6) is -0.402. The summed E-state index contributed by atoms with van der Waals surface area (Å²) >= 11 is 0. The van der Waals surface area contributed by atoms with Crippen LogP contribution in [0.4, 0.5) is 17.6 Å². The molecule has 2 heterocycles. The van der Waals surface area contributed by atoms with Crippen molar-refractivity contribution in [1.82, 2.24) is 20.1 Å². The summed E-state index contributed by atoms with van der Waals surface area (Å²) in [5, 5.41) is 7.92. The van der Waals surface area contributed by atoms with Crippen LogP contribution in [0.25, 0.3) is 33.2 Å². The minimum Gasteiger partial charge on any atom is -0.388 e. The van der Waals surface area contributed by atoms with Crippen molar-refractivity contribution < 1.29 is 22.3 Å². The van der Waals surface area contributed by atoms with Crippen molar-refractivity contribution in [1.29, 1.82) is 0 Å². The maximum atomic E-state index is 15.3. The van der Waals surface area contributed by atoms with Crippen LogP contribution in [0, 0.1) is 5.82 Å². The smallest absolute Gasteiger partial charge is 0.388 e. The van der Waals surface area contributed by atoms with Crippen molar-refractivity contribution in [2.24, 2.45) is 0 Å². The first kappa shape index (κ1) is 24.5. The van der Waals surface area contributed by atoms with E-state index in [1.54, 1.807) is 49.5 Å². The van der Waals surface area contributed by atoms with E-state index in [2.05, 4.69) is 22.0 Å². The lowest BCUT2D eigenvalue weighted by Crippen LogP contribution is -2.46. The second-order valence-electron chi connectivity index (χ2n) is 8.48. The van der Waals surface area contributed by atoms with E-state index in [9.17, 15) is 4.39 Å². The van der Waals surface area contributed by atoms with Crippen LogP contribution in [-0.4, -0.2) is 35.1 Å². The van der Waals surface area contributed by atoms with E-state index in [-0.39, 0.29) is 27.8 Å². The Hall–Kier alpha value is -4.24. The summed E-state index contributed by atoms with van der Waals surface area (Å²) in [7, 11) is 2.63. The van der Waals surface area contributed by atoms with Gasteiger partial charge in [-0.05, 0) is 48.0 Å².